The van der Waals surface area contributed by atoms with Crippen molar-refractivity contribution < 1.29 is 17.7 Å². The van der Waals surface area contributed by atoms with Crippen molar-refractivity contribution in [2.24, 2.45) is 0 Å². The van der Waals surface area contributed by atoms with E-state index in [9.17, 15) is 13.2 Å². The molecule has 168 valence electrons. The lowest BCUT2D eigenvalue weighted by molar-refractivity contribution is 0.102. The normalized spacial score (nSPS) is 11.3. The molecule has 7 nitrogen and oxygen atoms in total. The summed E-state index contributed by atoms with van der Waals surface area (Å²) in [5, 5.41) is 6.85. The molecule has 0 atom stereocenters. The zero-order chi connectivity index (χ0) is 23.1. The SMILES string of the molecule is C=CCNS(=O)(=O)Cc1ccc(NC(=O)c2ccccc2SCc2c(C)noc2C)cc1. The van der Waals surface area contributed by atoms with Gasteiger partial charge in [0.25, 0.3) is 5.91 Å². The van der Waals surface area contributed by atoms with Gasteiger partial charge in [-0.2, -0.15) is 0 Å². The molecule has 0 saturated heterocycles. The first-order valence-electron chi connectivity index (χ1n) is 9.91. The van der Waals surface area contributed by atoms with Crippen molar-refractivity contribution in [3.63, 3.8) is 0 Å². The maximum Gasteiger partial charge on any atom is 0.256 e. The summed E-state index contributed by atoms with van der Waals surface area (Å²) in [6.07, 6.45) is 1.49. The quantitative estimate of drug-likeness (QED) is 0.335. The monoisotopic (exact) mass is 471 g/mol. The van der Waals surface area contributed by atoms with Crippen LogP contribution in [0, 0.1) is 13.8 Å². The zero-order valence-electron chi connectivity index (χ0n) is 17.9. The van der Waals surface area contributed by atoms with Crippen LogP contribution in [0.25, 0.3) is 0 Å². The van der Waals surface area contributed by atoms with E-state index < -0.39 is 10.0 Å². The molecule has 3 aromatic rings. The first kappa shape index (κ1) is 23.8. The molecule has 0 bridgehead atoms. The van der Waals surface area contributed by atoms with Gasteiger partial charge in [-0.1, -0.05) is 35.5 Å². The van der Waals surface area contributed by atoms with E-state index in [0.29, 0.717) is 22.6 Å². The first-order chi connectivity index (χ1) is 15.3. The van der Waals surface area contributed by atoms with E-state index in [1.165, 1.54) is 6.08 Å². The lowest BCUT2D eigenvalue weighted by Crippen LogP contribution is -2.25. The third kappa shape index (κ3) is 6.32. The number of carbonyl (C=O) groups is 1. The fourth-order valence-corrected chi connectivity index (χ4v) is 5.29. The minimum Gasteiger partial charge on any atom is -0.361 e. The minimum atomic E-state index is -3.44. The number of benzene rings is 2. The van der Waals surface area contributed by atoms with Gasteiger partial charge in [-0.15, -0.1) is 18.3 Å². The van der Waals surface area contributed by atoms with Crippen LogP contribution in [-0.4, -0.2) is 26.0 Å². The highest BCUT2D eigenvalue weighted by Gasteiger charge is 2.15. The summed E-state index contributed by atoms with van der Waals surface area (Å²) in [5.74, 6) is 1.05. The number of amides is 1. The predicted octanol–water partition coefficient (Wildman–Crippen LogP) is 4.44. The average Bonchev–Trinajstić information content (AvgIpc) is 3.09. The highest BCUT2D eigenvalue weighted by Crippen LogP contribution is 2.29. The molecule has 3 rings (SSSR count). The number of anilines is 1. The molecular formula is C23H25N3O4S2. The lowest BCUT2D eigenvalue weighted by Gasteiger charge is -2.11. The Bertz CT molecular complexity index is 1180. The number of thioether (sulfide) groups is 1. The van der Waals surface area contributed by atoms with Crippen LogP contribution in [0.1, 0.15) is 32.9 Å². The molecule has 0 saturated carbocycles. The van der Waals surface area contributed by atoms with Gasteiger partial charge in [0, 0.05) is 28.4 Å². The van der Waals surface area contributed by atoms with Gasteiger partial charge in [-0.05, 0) is 43.7 Å². The second kappa shape index (κ2) is 10.6. The average molecular weight is 472 g/mol. The van der Waals surface area contributed by atoms with Crippen molar-refractivity contribution in [2.45, 2.75) is 30.2 Å². The van der Waals surface area contributed by atoms with Crippen LogP contribution >= 0.6 is 11.8 Å². The van der Waals surface area contributed by atoms with E-state index in [4.69, 9.17) is 4.52 Å². The molecule has 2 aromatic carbocycles. The molecule has 0 unspecified atom stereocenters. The molecule has 0 radical (unpaired) electrons. The molecule has 9 heteroatoms. The first-order valence-corrected chi connectivity index (χ1v) is 12.5. The van der Waals surface area contributed by atoms with Crippen LogP contribution in [0.2, 0.25) is 0 Å². The van der Waals surface area contributed by atoms with Crippen LogP contribution in [0.4, 0.5) is 5.69 Å². The molecule has 0 aliphatic heterocycles. The number of aromatic nitrogens is 1. The summed E-state index contributed by atoms with van der Waals surface area (Å²) >= 11 is 1.55. The molecular weight excluding hydrogens is 446 g/mol. The van der Waals surface area contributed by atoms with E-state index in [2.05, 4.69) is 21.8 Å². The van der Waals surface area contributed by atoms with Crippen molar-refractivity contribution in [2.75, 3.05) is 11.9 Å². The summed E-state index contributed by atoms with van der Waals surface area (Å²) in [6.45, 7) is 7.45. The van der Waals surface area contributed by atoms with Crippen molar-refractivity contribution >= 4 is 33.4 Å². The van der Waals surface area contributed by atoms with Gasteiger partial charge < -0.3 is 9.84 Å². The van der Waals surface area contributed by atoms with Crippen molar-refractivity contribution in [3.05, 3.63) is 89.3 Å². The third-order valence-corrected chi connectivity index (χ3v) is 7.12. The lowest BCUT2D eigenvalue weighted by atomic mass is 10.2. The maximum absolute atomic E-state index is 12.9. The van der Waals surface area contributed by atoms with E-state index in [1.807, 2.05) is 32.0 Å². The van der Waals surface area contributed by atoms with Crippen molar-refractivity contribution in [3.8, 4) is 0 Å². The molecule has 1 amide bonds. The third-order valence-electron chi connectivity index (χ3n) is 4.70. The number of nitrogens with zero attached hydrogens (tertiary/aromatic N) is 1. The number of aryl methyl sites for hydroxylation is 2. The number of carbonyl (C=O) groups excluding carboxylic acids is 1. The van der Waals surface area contributed by atoms with E-state index >= 15 is 0 Å². The smallest absolute Gasteiger partial charge is 0.256 e. The Balaban J connectivity index is 1.66. The van der Waals surface area contributed by atoms with Gasteiger partial charge in [0.05, 0.1) is 17.0 Å². The van der Waals surface area contributed by atoms with Gasteiger partial charge in [0.1, 0.15) is 5.76 Å². The van der Waals surface area contributed by atoms with Crippen molar-refractivity contribution in [1.29, 1.82) is 0 Å². The molecule has 32 heavy (non-hydrogen) atoms. The van der Waals surface area contributed by atoms with Gasteiger partial charge in [-0.25, -0.2) is 13.1 Å². The topological polar surface area (TPSA) is 101 Å². The Morgan fingerprint density at radius 1 is 1.16 bits per heavy atom. The van der Waals surface area contributed by atoms with Gasteiger partial charge in [-0.3, -0.25) is 4.79 Å². The van der Waals surface area contributed by atoms with E-state index in [1.54, 1.807) is 42.1 Å². The highest BCUT2D eigenvalue weighted by atomic mass is 32.2. The Morgan fingerprint density at radius 3 is 2.53 bits per heavy atom. The van der Waals surface area contributed by atoms with Crippen LogP contribution in [0.15, 0.2) is 70.6 Å². The van der Waals surface area contributed by atoms with Crippen LogP contribution < -0.4 is 10.0 Å². The van der Waals surface area contributed by atoms with Crippen LogP contribution in [-0.2, 0) is 21.5 Å². The van der Waals surface area contributed by atoms with Crippen LogP contribution in [0.5, 0.6) is 0 Å². The largest absolute Gasteiger partial charge is 0.361 e. The summed E-state index contributed by atoms with van der Waals surface area (Å²) in [5.41, 5.74) is 3.64. The predicted molar refractivity (Wildman–Crippen MR) is 127 cm³/mol. The van der Waals surface area contributed by atoms with Crippen molar-refractivity contribution in [1.82, 2.24) is 9.88 Å². The Morgan fingerprint density at radius 2 is 1.88 bits per heavy atom. The van der Waals surface area contributed by atoms with Crippen LogP contribution in [0.3, 0.4) is 0 Å². The van der Waals surface area contributed by atoms with E-state index in [-0.39, 0.29) is 18.2 Å². The summed E-state index contributed by atoms with van der Waals surface area (Å²) in [4.78, 5) is 13.7. The Labute approximate surface area is 192 Å². The number of nitrogens with one attached hydrogen (secondary N) is 2. The standard InChI is InChI=1S/C23H25N3O4S2/c1-4-13-24-32(28,29)15-18-9-11-19(12-10-18)25-23(27)20-7-5-6-8-22(20)31-14-21-16(2)26-30-17(21)3/h4-12,24H,1,13-15H2,2-3H3,(H,25,27). The summed E-state index contributed by atoms with van der Waals surface area (Å²) in [6, 6.07) is 14.1. The molecule has 1 heterocycles. The maximum atomic E-state index is 12.9. The minimum absolute atomic E-state index is 0.143. The molecule has 1 aromatic heterocycles. The number of hydrogen-bond donors (Lipinski definition) is 2. The number of sulfonamides is 1. The highest BCUT2D eigenvalue weighted by molar-refractivity contribution is 7.98. The Kier molecular flexibility index (Phi) is 7.89. The molecule has 0 spiro atoms. The summed E-state index contributed by atoms with van der Waals surface area (Å²) in [7, 11) is -3.44. The molecule has 2 N–H and O–H groups in total. The van der Waals surface area contributed by atoms with Gasteiger partial charge >= 0.3 is 0 Å². The summed E-state index contributed by atoms with van der Waals surface area (Å²) < 4.78 is 31.6. The number of rotatable bonds is 10. The zero-order valence-corrected chi connectivity index (χ0v) is 19.6. The van der Waals surface area contributed by atoms with Gasteiger partial charge in [0.15, 0.2) is 0 Å². The second-order valence-electron chi connectivity index (χ2n) is 7.13. The van der Waals surface area contributed by atoms with E-state index in [0.717, 1.165) is 21.9 Å². The molecule has 0 fully saturated rings. The second-order valence-corrected chi connectivity index (χ2v) is 9.96. The van der Waals surface area contributed by atoms with Gasteiger partial charge in [0.2, 0.25) is 10.0 Å². The molecule has 0 aliphatic rings. The Hall–Kier alpha value is -2.88. The fraction of sp³-hybridized carbons (Fsp3) is 0.217. The number of hydrogen-bond acceptors (Lipinski definition) is 6. The molecule has 0 aliphatic carbocycles. The fourth-order valence-electron chi connectivity index (χ4n) is 2.98.